The Balaban J connectivity index is 2.03. The van der Waals surface area contributed by atoms with Crippen molar-refractivity contribution in [1.82, 2.24) is 5.32 Å². The molecule has 1 unspecified atom stereocenters. The molecule has 2 aromatic rings. The van der Waals surface area contributed by atoms with E-state index < -0.39 is 0 Å². The summed E-state index contributed by atoms with van der Waals surface area (Å²) in [5, 5.41) is 3.65. The van der Waals surface area contributed by atoms with Gasteiger partial charge in [0.05, 0.1) is 6.04 Å². The van der Waals surface area contributed by atoms with Crippen molar-refractivity contribution in [3.05, 3.63) is 68.7 Å². The standard InChI is InChI=1S/C19H22BrN/c1-3-21-19(17-8-5-9-18(20)13(17)2)16-11-10-14-6-4-7-15(14)12-16/h5,8-12,19,21H,3-4,6-7H2,1-2H3. The number of benzene rings is 2. The molecule has 0 fully saturated rings. The van der Waals surface area contributed by atoms with Crippen LogP contribution in [0.4, 0.5) is 0 Å². The van der Waals surface area contributed by atoms with Crippen LogP contribution in [-0.4, -0.2) is 6.54 Å². The predicted octanol–water partition coefficient (Wildman–Crippen LogP) is 4.95. The van der Waals surface area contributed by atoms with Gasteiger partial charge in [0, 0.05) is 4.47 Å². The van der Waals surface area contributed by atoms with Crippen molar-refractivity contribution in [2.24, 2.45) is 0 Å². The van der Waals surface area contributed by atoms with Gasteiger partial charge in [0.25, 0.3) is 0 Å². The minimum Gasteiger partial charge on any atom is -0.307 e. The molecule has 1 atom stereocenters. The van der Waals surface area contributed by atoms with Gasteiger partial charge in [-0.25, -0.2) is 0 Å². The molecular weight excluding hydrogens is 322 g/mol. The summed E-state index contributed by atoms with van der Waals surface area (Å²) in [7, 11) is 0. The summed E-state index contributed by atoms with van der Waals surface area (Å²) >= 11 is 3.66. The van der Waals surface area contributed by atoms with Gasteiger partial charge in [-0.3, -0.25) is 0 Å². The largest absolute Gasteiger partial charge is 0.307 e. The Kier molecular flexibility index (Phi) is 4.46. The van der Waals surface area contributed by atoms with Crippen molar-refractivity contribution in [2.45, 2.75) is 39.2 Å². The van der Waals surface area contributed by atoms with Crippen LogP contribution in [0.5, 0.6) is 0 Å². The maximum absolute atomic E-state index is 3.66. The number of hydrogen-bond acceptors (Lipinski definition) is 1. The Labute approximate surface area is 135 Å². The zero-order valence-corrected chi connectivity index (χ0v) is 14.3. The zero-order valence-electron chi connectivity index (χ0n) is 12.7. The van der Waals surface area contributed by atoms with E-state index in [1.54, 1.807) is 11.1 Å². The quantitative estimate of drug-likeness (QED) is 0.828. The van der Waals surface area contributed by atoms with Crippen LogP contribution in [0.1, 0.15) is 47.2 Å². The Hall–Kier alpha value is -1.12. The van der Waals surface area contributed by atoms with Gasteiger partial charge >= 0.3 is 0 Å². The SMILES string of the molecule is CCNC(c1ccc2c(c1)CCC2)c1cccc(Br)c1C. The number of nitrogens with one attached hydrogen (secondary N) is 1. The minimum atomic E-state index is 0.276. The van der Waals surface area contributed by atoms with Crippen LogP contribution < -0.4 is 5.32 Å². The molecule has 2 aromatic carbocycles. The Morgan fingerprint density at radius 2 is 1.95 bits per heavy atom. The molecule has 0 spiro atoms. The molecule has 3 rings (SSSR count). The fourth-order valence-electron chi connectivity index (χ4n) is 3.32. The highest BCUT2D eigenvalue weighted by Crippen LogP contribution is 2.31. The third-order valence-corrected chi connectivity index (χ3v) is 5.34. The van der Waals surface area contributed by atoms with Crippen LogP contribution in [0.3, 0.4) is 0 Å². The molecule has 1 aliphatic rings. The first-order valence-electron chi connectivity index (χ1n) is 7.80. The highest BCUT2D eigenvalue weighted by atomic mass is 79.9. The molecule has 0 bridgehead atoms. The summed E-state index contributed by atoms with van der Waals surface area (Å²) in [5.41, 5.74) is 7.16. The van der Waals surface area contributed by atoms with Crippen molar-refractivity contribution in [3.8, 4) is 0 Å². The van der Waals surface area contributed by atoms with Gasteiger partial charge in [0.15, 0.2) is 0 Å². The van der Waals surface area contributed by atoms with Gasteiger partial charge in [-0.05, 0) is 66.6 Å². The van der Waals surface area contributed by atoms with Crippen LogP contribution in [0.25, 0.3) is 0 Å². The molecule has 1 nitrogen and oxygen atoms in total. The minimum absolute atomic E-state index is 0.276. The molecule has 0 amide bonds. The van der Waals surface area contributed by atoms with E-state index in [0.717, 1.165) is 6.54 Å². The summed E-state index contributed by atoms with van der Waals surface area (Å²) < 4.78 is 1.18. The zero-order chi connectivity index (χ0) is 14.8. The van der Waals surface area contributed by atoms with Gasteiger partial charge in [-0.2, -0.15) is 0 Å². The molecule has 0 radical (unpaired) electrons. The van der Waals surface area contributed by atoms with Gasteiger partial charge in [-0.1, -0.05) is 53.2 Å². The second-order valence-corrected chi connectivity index (χ2v) is 6.68. The first-order valence-corrected chi connectivity index (χ1v) is 8.60. The molecule has 2 heteroatoms. The average Bonchev–Trinajstić information content (AvgIpc) is 2.95. The Morgan fingerprint density at radius 3 is 2.76 bits per heavy atom. The van der Waals surface area contributed by atoms with Gasteiger partial charge in [0.2, 0.25) is 0 Å². The van der Waals surface area contributed by atoms with Crippen LogP contribution in [-0.2, 0) is 12.8 Å². The van der Waals surface area contributed by atoms with Crippen LogP contribution in [0.2, 0.25) is 0 Å². The van der Waals surface area contributed by atoms with E-state index in [1.165, 1.54) is 40.4 Å². The normalized spacial score (nSPS) is 15.0. The maximum atomic E-state index is 3.66. The van der Waals surface area contributed by atoms with Crippen molar-refractivity contribution in [1.29, 1.82) is 0 Å². The van der Waals surface area contributed by atoms with E-state index >= 15 is 0 Å². The predicted molar refractivity (Wildman–Crippen MR) is 92.9 cm³/mol. The number of aryl methyl sites for hydroxylation is 2. The first kappa shape index (κ1) is 14.8. The Morgan fingerprint density at radius 1 is 1.14 bits per heavy atom. The average molecular weight is 344 g/mol. The number of fused-ring (bicyclic) bond motifs is 1. The topological polar surface area (TPSA) is 12.0 Å². The fourth-order valence-corrected chi connectivity index (χ4v) is 3.70. The highest BCUT2D eigenvalue weighted by molar-refractivity contribution is 9.10. The van der Waals surface area contributed by atoms with E-state index in [0.29, 0.717) is 0 Å². The molecule has 0 aliphatic heterocycles. The lowest BCUT2D eigenvalue weighted by Gasteiger charge is -2.22. The van der Waals surface area contributed by atoms with Gasteiger partial charge < -0.3 is 5.32 Å². The van der Waals surface area contributed by atoms with Gasteiger partial charge in [0.1, 0.15) is 0 Å². The molecule has 0 heterocycles. The molecule has 1 aliphatic carbocycles. The third-order valence-electron chi connectivity index (χ3n) is 4.48. The van der Waals surface area contributed by atoms with Crippen LogP contribution in [0.15, 0.2) is 40.9 Å². The number of hydrogen-bond donors (Lipinski definition) is 1. The monoisotopic (exact) mass is 343 g/mol. The molecule has 1 N–H and O–H groups in total. The maximum Gasteiger partial charge on any atom is 0.0579 e. The van der Waals surface area contributed by atoms with Crippen molar-refractivity contribution in [3.63, 3.8) is 0 Å². The van der Waals surface area contributed by atoms with Crippen LogP contribution >= 0.6 is 15.9 Å². The van der Waals surface area contributed by atoms with Gasteiger partial charge in [-0.15, -0.1) is 0 Å². The number of rotatable bonds is 4. The summed E-state index contributed by atoms with van der Waals surface area (Å²) in [6.45, 7) is 5.33. The van der Waals surface area contributed by atoms with E-state index in [9.17, 15) is 0 Å². The highest BCUT2D eigenvalue weighted by Gasteiger charge is 2.19. The number of halogens is 1. The second-order valence-electron chi connectivity index (χ2n) is 5.83. The molecule has 21 heavy (non-hydrogen) atoms. The second kappa shape index (κ2) is 6.33. The van der Waals surface area contributed by atoms with E-state index in [4.69, 9.17) is 0 Å². The Bertz CT molecular complexity index is 648. The molecular formula is C19H22BrN. The molecule has 110 valence electrons. The van der Waals surface area contributed by atoms with Crippen molar-refractivity contribution in [2.75, 3.05) is 6.54 Å². The molecule has 0 aromatic heterocycles. The lowest BCUT2D eigenvalue weighted by Crippen LogP contribution is -2.23. The molecule has 0 saturated carbocycles. The summed E-state index contributed by atoms with van der Waals surface area (Å²) in [4.78, 5) is 0. The lowest BCUT2D eigenvalue weighted by atomic mass is 9.93. The van der Waals surface area contributed by atoms with E-state index in [2.05, 4.69) is 71.5 Å². The van der Waals surface area contributed by atoms with E-state index in [1.807, 2.05) is 0 Å². The summed E-state index contributed by atoms with van der Waals surface area (Å²) in [5.74, 6) is 0. The third kappa shape index (κ3) is 2.93. The smallest absolute Gasteiger partial charge is 0.0579 e. The molecule has 0 saturated heterocycles. The summed E-state index contributed by atoms with van der Waals surface area (Å²) in [6.07, 6.45) is 3.79. The lowest BCUT2D eigenvalue weighted by molar-refractivity contribution is 0.627. The van der Waals surface area contributed by atoms with Crippen molar-refractivity contribution >= 4 is 15.9 Å². The fraction of sp³-hybridized carbons (Fsp3) is 0.368. The van der Waals surface area contributed by atoms with Crippen LogP contribution in [0, 0.1) is 6.92 Å². The van der Waals surface area contributed by atoms with Crippen molar-refractivity contribution < 1.29 is 0 Å². The summed E-state index contributed by atoms with van der Waals surface area (Å²) in [6, 6.07) is 13.8. The first-order chi connectivity index (χ1) is 10.2. The van der Waals surface area contributed by atoms with E-state index in [-0.39, 0.29) is 6.04 Å².